The number of hydrogen-bond donors (Lipinski definition) is 1. The Hall–Kier alpha value is -1.81. The molecule has 3 aliphatic rings. The van der Waals surface area contributed by atoms with Crippen molar-refractivity contribution in [3.63, 3.8) is 0 Å². The van der Waals surface area contributed by atoms with Crippen LogP contribution in [0, 0.1) is 3.57 Å². The number of amides is 1. The van der Waals surface area contributed by atoms with E-state index in [-0.39, 0.29) is 17.7 Å². The third-order valence-electron chi connectivity index (χ3n) is 8.62. The normalized spacial score (nSPS) is 23.2. The van der Waals surface area contributed by atoms with E-state index in [1.54, 1.807) is 6.33 Å². The summed E-state index contributed by atoms with van der Waals surface area (Å²) >= 11 is 2.36. The predicted octanol–water partition coefficient (Wildman–Crippen LogP) is 3.10. The predicted molar refractivity (Wildman–Crippen MR) is 168 cm³/mol. The first-order valence-corrected chi connectivity index (χ1v) is 15.6. The number of hydrogen-bond acceptors (Lipinski definition) is 7. The van der Waals surface area contributed by atoms with Gasteiger partial charge in [0, 0.05) is 73.7 Å². The summed E-state index contributed by atoms with van der Waals surface area (Å²) in [6.45, 7) is 13.8. The second-order valence-electron chi connectivity index (χ2n) is 11.0. The van der Waals surface area contributed by atoms with Crippen molar-refractivity contribution in [1.82, 2.24) is 24.7 Å². The summed E-state index contributed by atoms with van der Waals surface area (Å²) in [4.78, 5) is 32.3. The molecule has 1 aromatic heterocycles. The average Bonchev–Trinajstić information content (AvgIpc) is 3.26. The first kappa shape index (κ1) is 28.7. The second kappa shape index (κ2) is 12.4. The summed E-state index contributed by atoms with van der Waals surface area (Å²) in [5, 5.41) is 11.6. The van der Waals surface area contributed by atoms with Gasteiger partial charge in [-0.1, -0.05) is 25.1 Å². The Morgan fingerprint density at radius 2 is 1.82 bits per heavy atom. The van der Waals surface area contributed by atoms with Crippen LogP contribution in [0.1, 0.15) is 62.0 Å². The second-order valence-corrected chi connectivity index (χ2v) is 12.8. The number of piperazine rings is 2. The van der Waals surface area contributed by atoms with Crippen LogP contribution in [-0.4, -0.2) is 94.6 Å². The van der Waals surface area contributed by atoms with Crippen molar-refractivity contribution in [3.05, 3.63) is 56.7 Å². The maximum atomic E-state index is 14.1. The zero-order valence-electron chi connectivity index (χ0n) is 23.2. The molecule has 0 saturated carbocycles. The highest BCUT2D eigenvalue weighted by molar-refractivity contribution is 14.1. The number of halogens is 1. The van der Waals surface area contributed by atoms with Gasteiger partial charge in [-0.05, 0) is 65.7 Å². The summed E-state index contributed by atoms with van der Waals surface area (Å²) in [6.07, 6.45) is 3.92. The largest absolute Gasteiger partial charge is 0.387 e. The number of nitrogens with zero attached hydrogens (tertiary/aromatic N) is 6. The van der Waals surface area contributed by atoms with Crippen molar-refractivity contribution >= 4 is 48.9 Å². The van der Waals surface area contributed by atoms with Gasteiger partial charge in [-0.25, -0.2) is 9.97 Å². The zero-order chi connectivity index (χ0) is 27.7. The summed E-state index contributed by atoms with van der Waals surface area (Å²) in [7, 11) is 2.79. The molecule has 1 unspecified atom stereocenters. The van der Waals surface area contributed by atoms with Crippen molar-refractivity contribution in [1.29, 1.82) is 0 Å². The Labute approximate surface area is 248 Å². The Kier molecular flexibility index (Phi) is 9.11. The molecule has 10 heteroatoms. The van der Waals surface area contributed by atoms with Gasteiger partial charge in [0.25, 0.3) is 0 Å². The minimum Gasteiger partial charge on any atom is -0.387 e. The van der Waals surface area contributed by atoms with E-state index < -0.39 is 6.10 Å². The number of aromatic nitrogens is 2. The lowest BCUT2D eigenvalue weighted by Crippen LogP contribution is -2.52. The molecule has 1 amide bonds. The first-order chi connectivity index (χ1) is 18.8. The molecule has 1 aliphatic carbocycles. The van der Waals surface area contributed by atoms with Gasteiger partial charge in [-0.15, -0.1) is 9.24 Å². The monoisotopic (exact) mass is 662 g/mol. The van der Waals surface area contributed by atoms with E-state index in [9.17, 15) is 9.90 Å². The van der Waals surface area contributed by atoms with Crippen LogP contribution in [0.3, 0.4) is 0 Å². The van der Waals surface area contributed by atoms with Crippen LogP contribution in [0.2, 0.25) is 0 Å². The molecule has 2 aromatic rings. The van der Waals surface area contributed by atoms with E-state index in [1.807, 2.05) is 4.90 Å². The Balaban J connectivity index is 1.30. The van der Waals surface area contributed by atoms with Crippen LogP contribution in [-0.2, 0) is 4.79 Å². The number of aliphatic hydroxyl groups is 1. The van der Waals surface area contributed by atoms with Crippen LogP contribution >= 0.6 is 31.8 Å². The number of benzene rings is 1. The number of carbonyl (C=O) groups excluding carboxylic acids is 1. The highest BCUT2D eigenvalue weighted by Gasteiger charge is 2.35. The van der Waals surface area contributed by atoms with Crippen molar-refractivity contribution in [2.75, 3.05) is 63.8 Å². The van der Waals surface area contributed by atoms with E-state index in [0.29, 0.717) is 19.5 Å². The smallest absolute Gasteiger partial charge is 0.231 e. The van der Waals surface area contributed by atoms with Gasteiger partial charge in [0.2, 0.25) is 5.91 Å². The fraction of sp³-hybridized carbons (Fsp3) is 0.552. The fourth-order valence-corrected chi connectivity index (χ4v) is 6.84. The lowest BCUT2D eigenvalue weighted by atomic mass is 9.96. The molecule has 4 atom stereocenters. The van der Waals surface area contributed by atoms with Crippen LogP contribution in [0.25, 0.3) is 0 Å². The van der Waals surface area contributed by atoms with Crippen molar-refractivity contribution < 1.29 is 9.90 Å². The molecule has 0 spiro atoms. The molecule has 39 heavy (non-hydrogen) atoms. The molecular weight excluding hydrogens is 622 g/mol. The van der Waals surface area contributed by atoms with Crippen molar-refractivity contribution in [2.45, 2.75) is 45.1 Å². The Bertz CT molecular complexity index is 1230. The van der Waals surface area contributed by atoms with Crippen LogP contribution < -0.4 is 10.2 Å². The molecule has 0 radical (unpaired) electrons. The molecule has 3 heterocycles. The van der Waals surface area contributed by atoms with Gasteiger partial charge in [-0.3, -0.25) is 9.69 Å². The first-order valence-electron chi connectivity index (χ1n) is 14.0. The van der Waals surface area contributed by atoms with Crippen molar-refractivity contribution in [2.24, 2.45) is 0 Å². The average molecular weight is 663 g/mol. The number of fused-ring (bicyclic) bond motifs is 1. The molecule has 1 N–H and O–H groups in total. The molecule has 2 fully saturated rings. The fourth-order valence-electron chi connectivity index (χ4n) is 6.12. The van der Waals surface area contributed by atoms with Crippen LogP contribution in [0.15, 0.2) is 36.3 Å². The van der Waals surface area contributed by atoms with Gasteiger partial charge in [0.05, 0.1) is 17.7 Å². The molecule has 2 aliphatic heterocycles. The third-order valence-corrected chi connectivity index (χ3v) is 10.6. The molecule has 0 bridgehead atoms. The quantitative estimate of drug-likeness (QED) is 0.377. The lowest BCUT2D eigenvalue weighted by Gasteiger charge is -2.40. The van der Waals surface area contributed by atoms with Gasteiger partial charge < -0.3 is 19.8 Å². The Morgan fingerprint density at radius 3 is 2.49 bits per heavy atom. The number of carbonyl (C=O) groups is 1. The highest BCUT2D eigenvalue weighted by atomic mass is 127. The van der Waals surface area contributed by atoms with Gasteiger partial charge in [0.1, 0.15) is 12.1 Å². The molecule has 210 valence electrons. The minimum absolute atomic E-state index is 0.191. The molecule has 2 saturated heterocycles. The van der Waals surface area contributed by atoms with Gasteiger partial charge in [0.15, 0.2) is 0 Å². The number of rotatable bonds is 6. The lowest BCUT2D eigenvalue weighted by molar-refractivity contribution is -0.133. The highest BCUT2D eigenvalue weighted by Crippen LogP contribution is 2.42. The SMILES string of the molecule is CC=C(C)N1CCN(C[C@@H](C(=O)N2CCN(c3ncnc4c3[C@H](C)C[C@H]4O)CC2)c2ccc(P)c(I)c2)CC1. The van der Waals surface area contributed by atoms with E-state index >= 15 is 0 Å². The number of anilines is 1. The summed E-state index contributed by atoms with van der Waals surface area (Å²) < 4.78 is 1.17. The number of aliphatic hydroxyl groups excluding tert-OH is 1. The van der Waals surface area contributed by atoms with E-state index in [1.165, 1.54) is 9.27 Å². The number of allylic oxidation sites excluding steroid dienone is 2. The van der Waals surface area contributed by atoms with Crippen molar-refractivity contribution in [3.8, 4) is 0 Å². The van der Waals surface area contributed by atoms with Crippen LogP contribution in [0.5, 0.6) is 0 Å². The third kappa shape index (κ3) is 6.11. The summed E-state index contributed by atoms with van der Waals surface area (Å²) in [5.74, 6) is 1.18. The molecule has 5 rings (SSSR count). The van der Waals surface area contributed by atoms with Crippen LogP contribution in [0.4, 0.5) is 5.82 Å². The molecular formula is C29H40IN6O2P. The molecule has 8 nitrogen and oxygen atoms in total. The summed E-state index contributed by atoms with van der Waals surface area (Å²) in [5.41, 5.74) is 4.26. The van der Waals surface area contributed by atoms with Gasteiger partial charge >= 0.3 is 0 Å². The minimum atomic E-state index is -0.514. The van der Waals surface area contributed by atoms with E-state index in [2.05, 4.69) is 102 Å². The van der Waals surface area contributed by atoms with E-state index in [0.717, 1.165) is 73.8 Å². The standard InChI is InChI=1S/C29H40IN6O2P/c1-4-20(3)34-9-7-33(8-10-34)17-22(21-5-6-25(39)23(30)16-21)29(38)36-13-11-35(12-14-36)28-26-19(2)15-24(37)27(26)31-18-32-28/h4-6,16,18-19,22,24,37H,7-15,17,39H2,1-3H3/t19-,22-,24-/m1/s1. The summed E-state index contributed by atoms with van der Waals surface area (Å²) in [6, 6.07) is 6.41. The Morgan fingerprint density at radius 1 is 1.13 bits per heavy atom. The zero-order valence-corrected chi connectivity index (χ0v) is 26.5. The maximum absolute atomic E-state index is 14.1. The topological polar surface area (TPSA) is 76.0 Å². The maximum Gasteiger partial charge on any atom is 0.231 e. The van der Waals surface area contributed by atoms with E-state index in [4.69, 9.17) is 0 Å². The van der Waals surface area contributed by atoms with Gasteiger partial charge in [-0.2, -0.15) is 0 Å². The molecule has 1 aromatic carbocycles.